The van der Waals surface area contributed by atoms with Crippen molar-refractivity contribution in [1.82, 2.24) is 9.80 Å². The number of unbranched alkanes of at least 4 members (excludes halogenated alkanes) is 1. The first-order chi connectivity index (χ1) is 6.77. The number of likely N-dealkylation sites (N-methyl/N-ethyl adjacent to an activating group) is 1. The zero-order chi connectivity index (χ0) is 10.4. The van der Waals surface area contributed by atoms with Gasteiger partial charge in [0.25, 0.3) is 0 Å². The third-order valence-electron chi connectivity index (χ3n) is 3.45. The topological polar surface area (TPSA) is 6.48 Å². The van der Waals surface area contributed by atoms with Crippen molar-refractivity contribution >= 4 is 0 Å². The van der Waals surface area contributed by atoms with Gasteiger partial charge in [0.2, 0.25) is 0 Å². The Morgan fingerprint density at radius 1 is 0.929 bits per heavy atom. The molecular weight excluding hydrogens is 172 g/mol. The Balaban J connectivity index is 0.000000213. The molecule has 0 aromatic rings. The summed E-state index contributed by atoms with van der Waals surface area (Å²) in [5, 5.41) is 0. The lowest BCUT2D eigenvalue weighted by molar-refractivity contribution is 0.209. The van der Waals surface area contributed by atoms with E-state index in [9.17, 15) is 0 Å². The van der Waals surface area contributed by atoms with Gasteiger partial charge in [-0.2, -0.15) is 0 Å². The smallest absolute Gasteiger partial charge is 0.0117 e. The van der Waals surface area contributed by atoms with Crippen LogP contribution in [0.25, 0.3) is 0 Å². The molecule has 84 valence electrons. The van der Waals surface area contributed by atoms with Gasteiger partial charge >= 0.3 is 0 Å². The van der Waals surface area contributed by atoms with E-state index in [1.54, 1.807) is 0 Å². The summed E-state index contributed by atoms with van der Waals surface area (Å²) in [5.41, 5.74) is 0. The van der Waals surface area contributed by atoms with Crippen molar-refractivity contribution < 1.29 is 0 Å². The van der Waals surface area contributed by atoms with Gasteiger partial charge < -0.3 is 9.80 Å². The first-order valence-corrected chi connectivity index (χ1v) is 6.20. The van der Waals surface area contributed by atoms with E-state index in [0.717, 1.165) is 6.04 Å². The third kappa shape index (κ3) is 3.58. The monoisotopic (exact) mass is 198 g/mol. The molecule has 0 aliphatic carbocycles. The van der Waals surface area contributed by atoms with E-state index in [0.29, 0.717) is 0 Å². The molecule has 2 nitrogen and oxygen atoms in total. The highest BCUT2D eigenvalue weighted by Gasteiger charge is 2.25. The van der Waals surface area contributed by atoms with Crippen molar-refractivity contribution in [1.29, 1.82) is 0 Å². The standard InChI is InChI=1S/C8H16N2.C4H10/c1-9-6-7-10-4-2-8(9)3-5-10;1-3-4-2/h8H,2-7H2,1H3;3-4H2,1-2H3. The number of fused-ring (bicyclic) bond motifs is 4. The molecule has 0 radical (unpaired) electrons. The number of piperidine rings is 1. The highest BCUT2D eigenvalue weighted by atomic mass is 15.2. The first-order valence-electron chi connectivity index (χ1n) is 6.20. The van der Waals surface area contributed by atoms with Crippen LogP contribution in [0.5, 0.6) is 0 Å². The van der Waals surface area contributed by atoms with Crippen LogP contribution in [0.2, 0.25) is 0 Å². The number of hydrogen-bond acceptors (Lipinski definition) is 2. The Hall–Kier alpha value is -0.0800. The average molecular weight is 198 g/mol. The minimum atomic E-state index is 0.902. The first kappa shape index (κ1) is 12.0. The lowest BCUT2D eigenvalue weighted by Gasteiger charge is -2.28. The third-order valence-corrected chi connectivity index (χ3v) is 3.45. The minimum absolute atomic E-state index is 0.902. The molecule has 0 aromatic carbocycles. The summed E-state index contributed by atoms with van der Waals surface area (Å²) in [6.45, 7) is 9.63. The molecule has 0 saturated carbocycles. The maximum absolute atomic E-state index is 2.58. The fraction of sp³-hybridized carbons (Fsp3) is 1.00. The largest absolute Gasteiger partial charge is 0.302 e. The van der Waals surface area contributed by atoms with E-state index >= 15 is 0 Å². The van der Waals surface area contributed by atoms with E-state index in [-0.39, 0.29) is 0 Å². The molecule has 3 aliphatic rings. The molecule has 0 N–H and O–H groups in total. The Morgan fingerprint density at radius 3 is 2.00 bits per heavy atom. The van der Waals surface area contributed by atoms with Crippen LogP contribution in [-0.4, -0.2) is 49.1 Å². The fourth-order valence-electron chi connectivity index (χ4n) is 2.07. The summed E-state index contributed by atoms with van der Waals surface area (Å²) in [6.07, 6.45) is 5.44. The molecule has 0 atom stereocenters. The molecule has 2 bridgehead atoms. The molecular formula is C12H26N2. The molecule has 3 saturated heterocycles. The van der Waals surface area contributed by atoms with E-state index < -0.39 is 0 Å². The fourth-order valence-corrected chi connectivity index (χ4v) is 2.07. The molecule has 14 heavy (non-hydrogen) atoms. The van der Waals surface area contributed by atoms with Crippen molar-refractivity contribution in [2.24, 2.45) is 0 Å². The zero-order valence-corrected chi connectivity index (χ0v) is 10.1. The van der Waals surface area contributed by atoms with Crippen LogP contribution in [0.3, 0.4) is 0 Å². The summed E-state index contributed by atoms with van der Waals surface area (Å²) in [5.74, 6) is 0. The molecule has 0 spiro atoms. The van der Waals surface area contributed by atoms with Crippen LogP contribution < -0.4 is 0 Å². The predicted octanol–water partition coefficient (Wildman–Crippen LogP) is 2.20. The second kappa shape index (κ2) is 6.41. The van der Waals surface area contributed by atoms with Gasteiger partial charge in [0, 0.05) is 19.1 Å². The molecule has 3 fully saturated rings. The summed E-state index contributed by atoms with van der Waals surface area (Å²) in [6, 6.07) is 0.902. The molecule has 3 aliphatic heterocycles. The molecule has 2 heteroatoms. The zero-order valence-electron chi connectivity index (χ0n) is 10.1. The number of nitrogens with zero attached hydrogens (tertiary/aromatic N) is 2. The van der Waals surface area contributed by atoms with Crippen molar-refractivity contribution in [2.45, 2.75) is 45.6 Å². The lowest BCUT2D eigenvalue weighted by Crippen LogP contribution is -2.35. The van der Waals surface area contributed by atoms with Crippen LogP contribution in [0.1, 0.15) is 39.5 Å². The number of hydrogen-bond donors (Lipinski definition) is 0. The Kier molecular flexibility index (Phi) is 5.49. The summed E-state index contributed by atoms with van der Waals surface area (Å²) in [4.78, 5) is 5.10. The van der Waals surface area contributed by atoms with E-state index in [2.05, 4.69) is 30.7 Å². The van der Waals surface area contributed by atoms with Gasteiger partial charge in [0.05, 0.1) is 0 Å². The van der Waals surface area contributed by atoms with Crippen molar-refractivity contribution in [2.75, 3.05) is 33.2 Å². The normalized spacial score (nSPS) is 31.9. The molecule has 3 rings (SSSR count). The van der Waals surface area contributed by atoms with Crippen LogP contribution in [-0.2, 0) is 0 Å². The Morgan fingerprint density at radius 2 is 1.50 bits per heavy atom. The Bertz CT molecular complexity index is 137. The maximum Gasteiger partial charge on any atom is 0.0117 e. The van der Waals surface area contributed by atoms with Crippen LogP contribution in [0.4, 0.5) is 0 Å². The van der Waals surface area contributed by atoms with Crippen molar-refractivity contribution in [3.8, 4) is 0 Å². The van der Waals surface area contributed by atoms with E-state index in [4.69, 9.17) is 0 Å². The van der Waals surface area contributed by atoms with Gasteiger partial charge in [0.1, 0.15) is 0 Å². The summed E-state index contributed by atoms with van der Waals surface area (Å²) >= 11 is 0. The van der Waals surface area contributed by atoms with Crippen molar-refractivity contribution in [3.05, 3.63) is 0 Å². The summed E-state index contributed by atoms with van der Waals surface area (Å²) in [7, 11) is 2.26. The minimum Gasteiger partial charge on any atom is -0.302 e. The van der Waals surface area contributed by atoms with Gasteiger partial charge in [-0.25, -0.2) is 0 Å². The van der Waals surface area contributed by atoms with Crippen LogP contribution in [0.15, 0.2) is 0 Å². The molecule has 0 unspecified atom stereocenters. The van der Waals surface area contributed by atoms with Gasteiger partial charge in [-0.1, -0.05) is 26.7 Å². The molecule has 0 amide bonds. The van der Waals surface area contributed by atoms with Gasteiger partial charge in [0.15, 0.2) is 0 Å². The highest BCUT2D eigenvalue weighted by molar-refractivity contribution is 4.82. The molecule has 0 aromatic heterocycles. The second-order valence-corrected chi connectivity index (χ2v) is 4.55. The SMILES string of the molecule is CCCC.CN1CCN2CCC1CC2. The highest BCUT2D eigenvalue weighted by Crippen LogP contribution is 2.18. The van der Waals surface area contributed by atoms with Crippen LogP contribution >= 0.6 is 0 Å². The van der Waals surface area contributed by atoms with Crippen LogP contribution in [0, 0.1) is 0 Å². The van der Waals surface area contributed by atoms with E-state index in [1.807, 2.05) is 0 Å². The quantitative estimate of drug-likeness (QED) is 0.637. The maximum atomic E-state index is 2.58. The second-order valence-electron chi connectivity index (χ2n) is 4.55. The van der Waals surface area contributed by atoms with Crippen molar-refractivity contribution in [3.63, 3.8) is 0 Å². The Labute approximate surface area is 89.3 Å². The van der Waals surface area contributed by atoms with E-state index in [1.165, 1.54) is 51.9 Å². The average Bonchev–Trinajstić information content (AvgIpc) is 2.53. The lowest BCUT2D eigenvalue weighted by atomic mass is 10.1. The molecule has 3 heterocycles. The van der Waals surface area contributed by atoms with Gasteiger partial charge in [-0.3, -0.25) is 0 Å². The number of rotatable bonds is 1. The summed E-state index contributed by atoms with van der Waals surface area (Å²) < 4.78 is 0. The van der Waals surface area contributed by atoms with Gasteiger partial charge in [-0.15, -0.1) is 0 Å². The predicted molar refractivity (Wildman–Crippen MR) is 62.7 cm³/mol. The van der Waals surface area contributed by atoms with Gasteiger partial charge in [-0.05, 0) is 33.0 Å².